The monoisotopic (exact) mass is 425 g/mol. The molecule has 0 fully saturated rings. The third-order valence-corrected chi connectivity index (χ3v) is 4.95. The number of aromatic nitrogens is 2. The molecule has 0 atom stereocenters. The Morgan fingerprint density at radius 3 is 2.20 bits per heavy atom. The summed E-state index contributed by atoms with van der Waals surface area (Å²) in [6.45, 7) is 4.02. The van der Waals surface area contributed by atoms with Gasteiger partial charge in [0.25, 0.3) is 0 Å². The lowest BCUT2D eigenvalue weighted by Gasteiger charge is -2.10. The second-order valence-corrected chi connectivity index (χ2v) is 7.55. The van der Waals surface area contributed by atoms with Crippen molar-refractivity contribution in [1.82, 2.24) is 9.97 Å². The molecule has 0 bridgehead atoms. The Labute approximate surface area is 179 Å². The van der Waals surface area contributed by atoms with E-state index in [9.17, 15) is 4.79 Å². The maximum Gasteiger partial charge on any atom is 0.234 e. The highest BCUT2D eigenvalue weighted by Gasteiger charge is 2.09. The molecule has 1 heterocycles. The number of benzene rings is 2. The van der Waals surface area contributed by atoms with Crippen LogP contribution in [-0.2, 0) is 4.79 Å². The fraction of sp³-hybridized carbons (Fsp3) is 0.227. The van der Waals surface area contributed by atoms with Crippen LogP contribution in [0.5, 0.6) is 23.1 Å². The van der Waals surface area contributed by atoms with Crippen molar-refractivity contribution in [3.8, 4) is 23.1 Å². The summed E-state index contributed by atoms with van der Waals surface area (Å²) in [4.78, 5) is 20.7. The van der Waals surface area contributed by atoms with Crippen LogP contribution in [-0.4, -0.2) is 35.8 Å². The normalized spacial score (nSPS) is 10.4. The Kier molecular flexibility index (Phi) is 7.13. The van der Waals surface area contributed by atoms with Crippen molar-refractivity contribution >= 4 is 23.4 Å². The maximum atomic E-state index is 12.3. The molecule has 7 nitrogen and oxygen atoms in total. The number of carbonyl (C=O) groups excluding carboxylic acids is 1. The van der Waals surface area contributed by atoms with E-state index in [1.165, 1.54) is 18.1 Å². The van der Waals surface area contributed by atoms with E-state index in [0.29, 0.717) is 33.8 Å². The average molecular weight is 426 g/mol. The first-order valence-corrected chi connectivity index (χ1v) is 10.2. The summed E-state index contributed by atoms with van der Waals surface area (Å²) < 4.78 is 16.3. The molecule has 0 aliphatic heterocycles. The quantitative estimate of drug-likeness (QED) is 0.416. The molecule has 0 spiro atoms. The van der Waals surface area contributed by atoms with Crippen LogP contribution < -0.4 is 19.5 Å². The number of hydrogen-bond donors (Lipinski definition) is 1. The summed E-state index contributed by atoms with van der Waals surface area (Å²) >= 11 is 1.29. The first kappa shape index (κ1) is 21.4. The molecule has 156 valence electrons. The molecule has 3 aromatic rings. The van der Waals surface area contributed by atoms with Gasteiger partial charge in [-0.25, -0.2) is 9.97 Å². The minimum atomic E-state index is -0.175. The second kappa shape index (κ2) is 9.98. The van der Waals surface area contributed by atoms with Gasteiger partial charge in [0, 0.05) is 30.0 Å². The van der Waals surface area contributed by atoms with Gasteiger partial charge in [0.05, 0.1) is 20.0 Å². The molecular formula is C22H23N3O4S. The van der Waals surface area contributed by atoms with Crippen molar-refractivity contribution in [3.05, 3.63) is 59.9 Å². The molecule has 0 unspecified atom stereocenters. The summed E-state index contributed by atoms with van der Waals surface area (Å²) in [5.74, 6) is 2.34. The van der Waals surface area contributed by atoms with E-state index in [-0.39, 0.29) is 11.7 Å². The molecule has 0 aliphatic carbocycles. The van der Waals surface area contributed by atoms with Crippen LogP contribution in [0.3, 0.4) is 0 Å². The van der Waals surface area contributed by atoms with E-state index >= 15 is 0 Å². The molecule has 1 aromatic heterocycles. The zero-order chi connectivity index (χ0) is 21.5. The molecule has 1 amide bonds. The van der Waals surface area contributed by atoms with Gasteiger partial charge >= 0.3 is 0 Å². The summed E-state index contributed by atoms with van der Waals surface area (Å²) in [6, 6.07) is 12.9. The van der Waals surface area contributed by atoms with Crippen LogP contribution in [0.2, 0.25) is 0 Å². The molecule has 2 aromatic carbocycles. The average Bonchev–Trinajstić information content (AvgIpc) is 2.71. The minimum Gasteiger partial charge on any atom is -0.497 e. The van der Waals surface area contributed by atoms with Crippen molar-refractivity contribution in [2.45, 2.75) is 18.9 Å². The standard InChI is InChI=1S/C22H23N3O4S/c1-14-5-15(2)7-19(6-14)29-21-11-22(24-13-23-21)30-12-20(26)25-16-8-17(27-3)10-18(9-16)28-4/h5-11,13H,12H2,1-4H3,(H,25,26). The topological polar surface area (TPSA) is 82.6 Å². The highest BCUT2D eigenvalue weighted by atomic mass is 32.2. The predicted octanol–water partition coefficient (Wildman–Crippen LogP) is 4.63. The van der Waals surface area contributed by atoms with Crippen LogP contribution in [0, 0.1) is 13.8 Å². The van der Waals surface area contributed by atoms with Gasteiger partial charge in [-0.3, -0.25) is 4.79 Å². The van der Waals surface area contributed by atoms with E-state index in [4.69, 9.17) is 14.2 Å². The zero-order valence-electron chi connectivity index (χ0n) is 17.3. The molecule has 1 N–H and O–H groups in total. The van der Waals surface area contributed by atoms with Crippen LogP contribution in [0.1, 0.15) is 11.1 Å². The number of rotatable bonds is 8. The number of carbonyl (C=O) groups is 1. The number of anilines is 1. The number of nitrogens with zero attached hydrogens (tertiary/aromatic N) is 2. The molecule has 0 saturated carbocycles. The number of methoxy groups -OCH3 is 2. The van der Waals surface area contributed by atoms with Crippen LogP contribution in [0.15, 0.2) is 53.8 Å². The molecule has 3 rings (SSSR count). The summed E-state index contributed by atoms with van der Waals surface area (Å²) in [5.41, 5.74) is 2.82. The van der Waals surface area contributed by atoms with Gasteiger partial charge in [-0.05, 0) is 37.1 Å². The number of thioether (sulfide) groups is 1. The molecule has 30 heavy (non-hydrogen) atoms. The Balaban J connectivity index is 1.60. The molecule has 0 radical (unpaired) electrons. The van der Waals surface area contributed by atoms with Crippen molar-refractivity contribution in [1.29, 1.82) is 0 Å². The summed E-state index contributed by atoms with van der Waals surface area (Å²) in [7, 11) is 3.12. The van der Waals surface area contributed by atoms with E-state index < -0.39 is 0 Å². The van der Waals surface area contributed by atoms with Crippen LogP contribution >= 0.6 is 11.8 Å². The number of amides is 1. The number of aryl methyl sites for hydroxylation is 2. The fourth-order valence-corrected chi connectivity index (χ4v) is 3.44. The van der Waals surface area contributed by atoms with Crippen molar-refractivity contribution in [3.63, 3.8) is 0 Å². The van der Waals surface area contributed by atoms with E-state index in [0.717, 1.165) is 11.1 Å². The largest absolute Gasteiger partial charge is 0.497 e. The summed E-state index contributed by atoms with van der Waals surface area (Å²) in [6.07, 6.45) is 1.42. The Bertz CT molecular complexity index is 1000. The smallest absolute Gasteiger partial charge is 0.234 e. The first-order chi connectivity index (χ1) is 14.4. The van der Waals surface area contributed by atoms with Gasteiger partial charge in [0.15, 0.2) is 0 Å². The Morgan fingerprint density at radius 1 is 0.900 bits per heavy atom. The van der Waals surface area contributed by atoms with Crippen LogP contribution in [0.4, 0.5) is 5.69 Å². The molecule has 8 heteroatoms. The molecular weight excluding hydrogens is 402 g/mol. The minimum absolute atomic E-state index is 0.175. The van der Waals surface area contributed by atoms with Gasteiger partial charge in [-0.15, -0.1) is 0 Å². The predicted molar refractivity (Wildman–Crippen MR) is 117 cm³/mol. The van der Waals surface area contributed by atoms with Gasteiger partial charge in [-0.1, -0.05) is 17.8 Å². The van der Waals surface area contributed by atoms with Crippen molar-refractivity contribution in [2.24, 2.45) is 0 Å². The maximum absolute atomic E-state index is 12.3. The van der Waals surface area contributed by atoms with Gasteiger partial charge < -0.3 is 19.5 Å². The second-order valence-electron chi connectivity index (χ2n) is 6.56. The third kappa shape index (κ3) is 6.12. The lowest BCUT2D eigenvalue weighted by atomic mass is 10.1. The van der Waals surface area contributed by atoms with Gasteiger partial charge in [0.2, 0.25) is 11.8 Å². The summed E-state index contributed by atoms with van der Waals surface area (Å²) in [5, 5.41) is 3.48. The lowest BCUT2D eigenvalue weighted by Crippen LogP contribution is -2.14. The Morgan fingerprint density at radius 2 is 1.57 bits per heavy atom. The first-order valence-electron chi connectivity index (χ1n) is 9.19. The fourth-order valence-electron chi connectivity index (χ4n) is 2.79. The number of hydrogen-bond acceptors (Lipinski definition) is 7. The molecule has 0 saturated heterocycles. The highest BCUT2D eigenvalue weighted by molar-refractivity contribution is 7.99. The van der Waals surface area contributed by atoms with E-state index in [1.54, 1.807) is 38.5 Å². The third-order valence-electron chi connectivity index (χ3n) is 4.02. The number of ether oxygens (including phenoxy) is 3. The van der Waals surface area contributed by atoms with Crippen molar-refractivity contribution < 1.29 is 19.0 Å². The molecule has 0 aliphatic rings. The highest BCUT2D eigenvalue weighted by Crippen LogP contribution is 2.27. The van der Waals surface area contributed by atoms with Gasteiger partial charge in [-0.2, -0.15) is 0 Å². The zero-order valence-corrected chi connectivity index (χ0v) is 18.1. The van der Waals surface area contributed by atoms with Crippen molar-refractivity contribution in [2.75, 3.05) is 25.3 Å². The number of nitrogens with one attached hydrogen (secondary N) is 1. The SMILES string of the molecule is COc1cc(NC(=O)CSc2cc(Oc3cc(C)cc(C)c3)ncn2)cc(OC)c1. The van der Waals surface area contributed by atoms with Crippen LogP contribution in [0.25, 0.3) is 0 Å². The van der Waals surface area contributed by atoms with E-state index in [1.807, 2.05) is 26.0 Å². The Hall–Kier alpha value is -3.26. The van der Waals surface area contributed by atoms with Gasteiger partial charge in [0.1, 0.15) is 28.6 Å². The van der Waals surface area contributed by atoms with E-state index in [2.05, 4.69) is 21.4 Å². The lowest BCUT2D eigenvalue weighted by molar-refractivity contribution is -0.113.